The van der Waals surface area contributed by atoms with Crippen molar-refractivity contribution in [1.82, 2.24) is 4.90 Å². The summed E-state index contributed by atoms with van der Waals surface area (Å²) in [7, 11) is 0. The molecular weight excluding hydrogens is 312 g/mol. The Morgan fingerprint density at radius 3 is 3.00 bits per heavy atom. The van der Waals surface area contributed by atoms with Crippen molar-refractivity contribution in [3.63, 3.8) is 0 Å². The lowest BCUT2D eigenvalue weighted by Crippen LogP contribution is -2.40. The zero-order chi connectivity index (χ0) is 16.2. The highest BCUT2D eigenvalue weighted by molar-refractivity contribution is 8.01. The first-order valence-electron chi connectivity index (χ1n) is 8.13. The molecule has 124 valence electrons. The van der Waals surface area contributed by atoms with E-state index in [1.165, 1.54) is 11.8 Å². The van der Waals surface area contributed by atoms with Crippen molar-refractivity contribution in [2.24, 2.45) is 0 Å². The second-order valence-electron chi connectivity index (χ2n) is 5.86. The molecule has 1 aromatic rings. The maximum atomic E-state index is 12.6. The van der Waals surface area contributed by atoms with Gasteiger partial charge in [-0.2, -0.15) is 0 Å². The van der Waals surface area contributed by atoms with Gasteiger partial charge < -0.3 is 15.0 Å². The molecule has 2 unspecified atom stereocenters. The van der Waals surface area contributed by atoms with E-state index >= 15 is 0 Å². The van der Waals surface area contributed by atoms with Crippen LogP contribution in [0.5, 0.6) is 0 Å². The molecule has 2 aliphatic rings. The summed E-state index contributed by atoms with van der Waals surface area (Å²) >= 11 is 1.47. The minimum atomic E-state index is -0.365. The number of amides is 2. The van der Waals surface area contributed by atoms with E-state index < -0.39 is 0 Å². The van der Waals surface area contributed by atoms with Gasteiger partial charge in [-0.05, 0) is 31.9 Å². The van der Waals surface area contributed by atoms with Crippen LogP contribution >= 0.6 is 11.8 Å². The van der Waals surface area contributed by atoms with Gasteiger partial charge in [0.15, 0.2) is 0 Å². The molecule has 5 nitrogen and oxygen atoms in total. The Bertz CT molecular complexity index is 587. The summed E-state index contributed by atoms with van der Waals surface area (Å²) in [6.45, 7) is 4.03. The molecular formula is C17H22N2O3S. The second-order valence-corrected chi connectivity index (χ2v) is 7.11. The number of hydrogen-bond acceptors (Lipinski definition) is 4. The van der Waals surface area contributed by atoms with Crippen molar-refractivity contribution >= 4 is 29.3 Å². The number of likely N-dealkylation sites (N-methyl/N-ethyl adjacent to an activating group) is 1. The predicted molar refractivity (Wildman–Crippen MR) is 90.6 cm³/mol. The average Bonchev–Trinajstić information content (AvgIpc) is 3.06. The first kappa shape index (κ1) is 16.3. The van der Waals surface area contributed by atoms with E-state index in [0.717, 1.165) is 30.0 Å². The van der Waals surface area contributed by atoms with Gasteiger partial charge in [-0.25, -0.2) is 0 Å². The fourth-order valence-corrected chi connectivity index (χ4v) is 4.06. The molecule has 0 aromatic heterocycles. The lowest BCUT2D eigenvalue weighted by Gasteiger charge is -2.28. The molecule has 3 rings (SSSR count). The van der Waals surface area contributed by atoms with Crippen LogP contribution in [0.1, 0.15) is 26.2 Å². The lowest BCUT2D eigenvalue weighted by atomic mass is 10.2. The molecule has 1 aromatic carbocycles. The Kier molecular flexibility index (Phi) is 5.23. The molecule has 0 aliphatic carbocycles. The third-order valence-electron chi connectivity index (χ3n) is 4.25. The number of hydrogen-bond donors (Lipinski definition) is 1. The highest BCUT2D eigenvalue weighted by Crippen LogP contribution is 2.36. The van der Waals surface area contributed by atoms with Crippen LogP contribution in [-0.4, -0.2) is 47.8 Å². The van der Waals surface area contributed by atoms with Crippen LogP contribution < -0.4 is 5.32 Å². The van der Waals surface area contributed by atoms with Gasteiger partial charge in [-0.3, -0.25) is 9.59 Å². The summed E-state index contributed by atoms with van der Waals surface area (Å²) in [5.74, 6) is -0.0646. The SMILES string of the molecule is CCN(CC1CCCO1)C(=O)CC1Sc2ccccc2NC1=O. The highest BCUT2D eigenvalue weighted by atomic mass is 32.2. The predicted octanol–water partition coefficient (Wildman–Crippen LogP) is 2.52. The Labute approximate surface area is 140 Å². The normalized spacial score (nSPS) is 23.3. The van der Waals surface area contributed by atoms with Gasteiger partial charge in [-0.15, -0.1) is 11.8 Å². The van der Waals surface area contributed by atoms with E-state index in [1.54, 1.807) is 0 Å². The van der Waals surface area contributed by atoms with E-state index in [1.807, 2.05) is 36.1 Å². The molecule has 0 saturated carbocycles. The van der Waals surface area contributed by atoms with Crippen molar-refractivity contribution in [2.75, 3.05) is 25.0 Å². The minimum Gasteiger partial charge on any atom is -0.376 e. The topological polar surface area (TPSA) is 58.6 Å². The Hall–Kier alpha value is -1.53. The number of para-hydroxylation sites is 1. The fraction of sp³-hybridized carbons (Fsp3) is 0.529. The smallest absolute Gasteiger partial charge is 0.238 e. The van der Waals surface area contributed by atoms with Gasteiger partial charge in [0.2, 0.25) is 11.8 Å². The van der Waals surface area contributed by atoms with Gasteiger partial charge in [0, 0.05) is 31.0 Å². The molecule has 23 heavy (non-hydrogen) atoms. The summed E-state index contributed by atoms with van der Waals surface area (Å²) in [4.78, 5) is 27.6. The number of nitrogens with one attached hydrogen (secondary N) is 1. The molecule has 2 atom stereocenters. The zero-order valence-electron chi connectivity index (χ0n) is 13.3. The first-order valence-corrected chi connectivity index (χ1v) is 9.01. The third kappa shape index (κ3) is 3.87. The Balaban J connectivity index is 1.61. The third-order valence-corrected chi connectivity index (χ3v) is 5.52. The molecule has 2 amide bonds. The molecule has 1 saturated heterocycles. The second kappa shape index (κ2) is 7.36. The van der Waals surface area contributed by atoms with E-state index in [-0.39, 0.29) is 29.6 Å². The van der Waals surface area contributed by atoms with Crippen LogP contribution in [0, 0.1) is 0 Å². The van der Waals surface area contributed by atoms with E-state index in [9.17, 15) is 9.59 Å². The zero-order valence-corrected chi connectivity index (χ0v) is 14.1. The molecule has 2 aliphatic heterocycles. The standard InChI is InChI=1S/C17H22N2O3S/c1-2-19(11-12-6-5-9-22-12)16(20)10-15-17(21)18-13-7-3-4-8-14(13)23-15/h3-4,7-8,12,15H,2,5-6,9-11H2,1H3,(H,18,21). The van der Waals surface area contributed by atoms with Crippen LogP contribution in [0.3, 0.4) is 0 Å². The number of rotatable bonds is 5. The lowest BCUT2D eigenvalue weighted by molar-refractivity contribution is -0.133. The van der Waals surface area contributed by atoms with Crippen molar-refractivity contribution in [1.29, 1.82) is 0 Å². The average molecular weight is 334 g/mol. The van der Waals surface area contributed by atoms with Gasteiger partial charge in [0.25, 0.3) is 0 Å². The fourth-order valence-electron chi connectivity index (χ4n) is 2.96. The van der Waals surface area contributed by atoms with Crippen LogP contribution in [0.4, 0.5) is 5.69 Å². The van der Waals surface area contributed by atoms with Gasteiger partial charge in [-0.1, -0.05) is 12.1 Å². The van der Waals surface area contributed by atoms with E-state index in [2.05, 4.69) is 5.32 Å². The number of nitrogens with zero attached hydrogens (tertiary/aromatic N) is 1. The van der Waals surface area contributed by atoms with E-state index in [0.29, 0.717) is 13.1 Å². The highest BCUT2D eigenvalue weighted by Gasteiger charge is 2.31. The summed E-state index contributed by atoms with van der Waals surface area (Å²) in [6, 6.07) is 7.69. The number of ether oxygens (including phenoxy) is 1. The van der Waals surface area contributed by atoms with Crippen LogP contribution in [0.15, 0.2) is 29.2 Å². The van der Waals surface area contributed by atoms with E-state index in [4.69, 9.17) is 4.74 Å². The van der Waals surface area contributed by atoms with Gasteiger partial charge in [0.1, 0.15) is 0 Å². The molecule has 0 radical (unpaired) electrons. The van der Waals surface area contributed by atoms with Crippen molar-refractivity contribution in [3.05, 3.63) is 24.3 Å². The van der Waals surface area contributed by atoms with Crippen LogP contribution in [-0.2, 0) is 14.3 Å². The number of carbonyl (C=O) groups is 2. The molecule has 2 heterocycles. The molecule has 0 spiro atoms. The summed E-state index contributed by atoms with van der Waals surface area (Å²) in [6.07, 6.45) is 2.45. The van der Waals surface area contributed by atoms with Crippen molar-refractivity contribution in [3.8, 4) is 0 Å². The Morgan fingerprint density at radius 1 is 1.43 bits per heavy atom. The van der Waals surface area contributed by atoms with Gasteiger partial charge >= 0.3 is 0 Å². The maximum Gasteiger partial charge on any atom is 0.238 e. The number of anilines is 1. The van der Waals surface area contributed by atoms with Crippen LogP contribution in [0.25, 0.3) is 0 Å². The molecule has 1 N–H and O–H groups in total. The monoisotopic (exact) mass is 334 g/mol. The maximum absolute atomic E-state index is 12.6. The summed E-state index contributed by atoms with van der Waals surface area (Å²) in [5.41, 5.74) is 0.831. The van der Waals surface area contributed by atoms with Gasteiger partial charge in [0.05, 0.1) is 17.0 Å². The van der Waals surface area contributed by atoms with Crippen LogP contribution in [0.2, 0.25) is 0 Å². The number of benzene rings is 1. The molecule has 0 bridgehead atoms. The number of carbonyl (C=O) groups excluding carboxylic acids is 2. The first-order chi connectivity index (χ1) is 11.2. The largest absolute Gasteiger partial charge is 0.376 e. The molecule has 6 heteroatoms. The minimum absolute atomic E-state index is 0.0232. The summed E-state index contributed by atoms with van der Waals surface area (Å²) < 4.78 is 5.61. The molecule has 1 fully saturated rings. The number of fused-ring (bicyclic) bond motifs is 1. The van der Waals surface area contributed by atoms with Crippen molar-refractivity contribution in [2.45, 2.75) is 42.4 Å². The number of thioether (sulfide) groups is 1. The summed E-state index contributed by atoms with van der Waals surface area (Å²) in [5, 5.41) is 2.53. The Morgan fingerprint density at radius 2 is 2.26 bits per heavy atom. The van der Waals surface area contributed by atoms with Crippen molar-refractivity contribution < 1.29 is 14.3 Å². The quantitative estimate of drug-likeness (QED) is 0.899.